The van der Waals surface area contributed by atoms with Gasteiger partial charge in [-0.25, -0.2) is 0 Å². The molecule has 0 aliphatic carbocycles. The Kier molecular flexibility index (Phi) is 3.70. The van der Waals surface area contributed by atoms with E-state index in [1.54, 1.807) is 0 Å². The number of hydrogen-bond donors (Lipinski definition) is 1. The van der Waals surface area contributed by atoms with Gasteiger partial charge in [0.1, 0.15) is 0 Å². The van der Waals surface area contributed by atoms with Gasteiger partial charge in [0.05, 0.1) is 5.60 Å². The first-order chi connectivity index (χ1) is 6.49. The van der Waals surface area contributed by atoms with Crippen molar-refractivity contribution in [1.82, 2.24) is 0 Å². The Morgan fingerprint density at radius 1 is 1.21 bits per heavy atom. The number of rotatable bonds is 4. The maximum absolute atomic E-state index is 9.61. The van der Waals surface area contributed by atoms with Crippen LogP contribution in [-0.2, 0) is 0 Å². The Balaban J connectivity index is 2.48. The molecule has 0 bridgehead atoms. The molecule has 1 N–H and O–H groups in total. The smallest absolute Gasteiger partial charge is 0.0592 e. The maximum Gasteiger partial charge on any atom is 0.0592 e. The highest BCUT2D eigenvalue weighted by Crippen LogP contribution is 2.23. The average Bonchev–Trinajstić information content (AvgIpc) is 2.14. The van der Waals surface area contributed by atoms with Crippen molar-refractivity contribution >= 4 is 0 Å². The summed E-state index contributed by atoms with van der Waals surface area (Å²) in [7, 11) is 0. The number of aliphatic hydroxyl groups is 1. The van der Waals surface area contributed by atoms with E-state index in [4.69, 9.17) is 0 Å². The summed E-state index contributed by atoms with van der Waals surface area (Å²) in [6, 6.07) is 10.5. The van der Waals surface area contributed by atoms with Gasteiger partial charge in [0.2, 0.25) is 0 Å². The molecule has 0 fully saturated rings. The minimum atomic E-state index is -0.539. The van der Waals surface area contributed by atoms with Gasteiger partial charge in [0.25, 0.3) is 0 Å². The summed E-state index contributed by atoms with van der Waals surface area (Å²) in [6.07, 6.45) is 1.89. The standard InChI is InChI=1S/C13H20O/c1-11(9-10-13(2,3)14)12-7-5-4-6-8-12/h4-8,11,14H,9-10H2,1-3H3. The molecule has 78 valence electrons. The topological polar surface area (TPSA) is 20.2 Å². The van der Waals surface area contributed by atoms with Gasteiger partial charge in [-0.3, -0.25) is 0 Å². The largest absolute Gasteiger partial charge is 0.390 e. The third-order valence-electron chi connectivity index (χ3n) is 2.56. The molecule has 1 rings (SSSR count). The van der Waals surface area contributed by atoms with E-state index in [0.717, 1.165) is 12.8 Å². The normalized spacial score (nSPS) is 14.0. The summed E-state index contributed by atoms with van der Waals surface area (Å²) in [5, 5.41) is 9.61. The fourth-order valence-electron chi connectivity index (χ4n) is 1.52. The highest BCUT2D eigenvalue weighted by molar-refractivity contribution is 5.18. The van der Waals surface area contributed by atoms with Crippen LogP contribution in [0.2, 0.25) is 0 Å². The van der Waals surface area contributed by atoms with Gasteiger partial charge < -0.3 is 5.11 Å². The van der Waals surface area contributed by atoms with Crippen LogP contribution in [0.5, 0.6) is 0 Å². The minimum Gasteiger partial charge on any atom is -0.390 e. The number of benzene rings is 1. The zero-order valence-electron chi connectivity index (χ0n) is 9.33. The molecule has 0 radical (unpaired) electrons. The molecule has 0 heterocycles. The molecular weight excluding hydrogens is 172 g/mol. The second-order valence-electron chi connectivity index (χ2n) is 4.66. The molecule has 0 saturated carbocycles. The van der Waals surface area contributed by atoms with E-state index in [1.165, 1.54) is 5.56 Å². The van der Waals surface area contributed by atoms with Crippen molar-refractivity contribution in [3.63, 3.8) is 0 Å². The molecule has 0 aromatic heterocycles. The van der Waals surface area contributed by atoms with Crippen LogP contribution in [0, 0.1) is 0 Å². The Labute approximate surface area is 86.8 Å². The molecule has 1 aromatic carbocycles. The van der Waals surface area contributed by atoms with E-state index in [9.17, 15) is 5.11 Å². The van der Waals surface area contributed by atoms with Crippen LogP contribution in [0.4, 0.5) is 0 Å². The molecule has 1 nitrogen and oxygen atoms in total. The number of hydrogen-bond acceptors (Lipinski definition) is 1. The zero-order valence-corrected chi connectivity index (χ0v) is 9.33. The van der Waals surface area contributed by atoms with Crippen LogP contribution in [0.15, 0.2) is 30.3 Å². The third kappa shape index (κ3) is 3.93. The highest BCUT2D eigenvalue weighted by atomic mass is 16.3. The van der Waals surface area contributed by atoms with Crippen molar-refractivity contribution in [2.75, 3.05) is 0 Å². The second-order valence-corrected chi connectivity index (χ2v) is 4.66. The van der Waals surface area contributed by atoms with E-state index in [-0.39, 0.29) is 0 Å². The van der Waals surface area contributed by atoms with E-state index >= 15 is 0 Å². The summed E-state index contributed by atoms with van der Waals surface area (Å²) in [4.78, 5) is 0. The second kappa shape index (κ2) is 4.61. The van der Waals surface area contributed by atoms with Gasteiger partial charge in [-0.15, -0.1) is 0 Å². The quantitative estimate of drug-likeness (QED) is 0.775. The van der Waals surface area contributed by atoms with Crippen LogP contribution < -0.4 is 0 Å². The molecule has 0 aliphatic rings. The van der Waals surface area contributed by atoms with Gasteiger partial charge in [-0.05, 0) is 38.2 Å². The van der Waals surface area contributed by atoms with Crippen LogP contribution in [0.1, 0.15) is 45.1 Å². The van der Waals surface area contributed by atoms with Crippen molar-refractivity contribution in [2.45, 2.75) is 45.1 Å². The van der Waals surface area contributed by atoms with Crippen molar-refractivity contribution < 1.29 is 5.11 Å². The SMILES string of the molecule is CC(CCC(C)(C)O)c1ccccc1. The van der Waals surface area contributed by atoms with Gasteiger partial charge in [0.15, 0.2) is 0 Å². The van der Waals surface area contributed by atoms with E-state index in [1.807, 2.05) is 19.9 Å². The third-order valence-corrected chi connectivity index (χ3v) is 2.56. The predicted octanol–water partition coefficient (Wildman–Crippen LogP) is 3.34. The van der Waals surface area contributed by atoms with Crippen molar-refractivity contribution in [3.8, 4) is 0 Å². The molecule has 1 atom stereocenters. The van der Waals surface area contributed by atoms with Crippen molar-refractivity contribution in [2.24, 2.45) is 0 Å². The van der Waals surface area contributed by atoms with Gasteiger partial charge in [-0.2, -0.15) is 0 Å². The van der Waals surface area contributed by atoms with E-state index in [2.05, 4.69) is 31.2 Å². The molecule has 0 aliphatic heterocycles. The molecule has 0 spiro atoms. The first-order valence-corrected chi connectivity index (χ1v) is 5.26. The van der Waals surface area contributed by atoms with E-state index < -0.39 is 5.60 Å². The Morgan fingerprint density at radius 3 is 2.29 bits per heavy atom. The lowest BCUT2D eigenvalue weighted by molar-refractivity contribution is 0.0670. The molecule has 1 heteroatoms. The average molecular weight is 192 g/mol. The van der Waals surface area contributed by atoms with Gasteiger partial charge in [-0.1, -0.05) is 37.3 Å². The molecule has 1 unspecified atom stereocenters. The minimum absolute atomic E-state index is 0.530. The van der Waals surface area contributed by atoms with Crippen LogP contribution >= 0.6 is 0 Å². The monoisotopic (exact) mass is 192 g/mol. The lowest BCUT2D eigenvalue weighted by Gasteiger charge is -2.20. The molecule has 0 amide bonds. The molecule has 14 heavy (non-hydrogen) atoms. The van der Waals surface area contributed by atoms with Gasteiger partial charge in [0, 0.05) is 0 Å². The summed E-state index contributed by atoms with van der Waals surface area (Å²) in [5.41, 5.74) is 0.819. The van der Waals surface area contributed by atoms with Crippen molar-refractivity contribution in [1.29, 1.82) is 0 Å². The fraction of sp³-hybridized carbons (Fsp3) is 0.538. The molecular formula is C13H20O. The fourth-order valence-corrected chi connectivity index (χ4v) is 1.52. The molecule has 0 saturated heterocycles. The molecule has 1 aromatic rings. The summed E-state index contributed by atoms with van der Waals surface area (Å²) in [5.74, 6) is 0.530. The first-order valence-electron chi connectivity index (χ1n) is 5.26. The Bertz CT molecular complexity index is 258. The first kappa shape index (κ1) is 11.3. The van der Waals surface area contributed by atoms with Gasteiger partial charge >= 0.3 is 0 Å². The predicted molar refractivity (Wildman–Crippen MR) is 60.4 cm³/mol. The van der Waals surface area contributed by atoms with Crippen LogP contribution in [-0.4, -0.2) is 10.7 Å². The highest BCUT2D eigenvalue weighted by Gasteiger charge is 2.14. The Hall–Kier alpha value is -0.820. The van der Waals surface area contributed by atoms with Crippen LogP contribution in [0.25, 0.3) is 0 Å². The zero-order chi connectivity index (χ0) is 10.6. The summed E-state index contributed by atoms with van der Waals surface area (Å²) >= 11 is 0. The van der Waals surface area contributed by atoms with E-state index in [0.29, 0.717) is 5.92 Å². The maximum atomic E-state index is 9.61. The summed E-state index contributed by atoms with van der Waals surface area (Å²) < 4.78 is 0. The van der Waals surface area contributed by atoms with Crippen molar-refractivity contribution in [3.05, 3.63) is 35.9 Å². The Morgan fingerprint density at radius 2 is 1.79 bits per heavy atom. The van der Waals surface area contributed by atoms with Crippen LogP contribution in [0.3, 0.4) is 0 Å². The lowest BCUT2D eigenvalue weighted by Crippen LogP contribution is -2.18. The summed E-state index contributed by atoms with van der Waals surface area (Å²) in [6.45, 7) is 5.94. The lowest BCUT2D eigenvalue weighted by atomic mass is 9.91.